The molecular weight excluding hydrogens is 191 g/mol. The molecular formula is C13H15FO. The van der Waals surface area contributed by atoms with Crippen molar-refractivity contribution in [1.82, 2.24) is 0 Å². The predicted molar refractivity (Wildman–Crippen MR) is 58.8 cm³/mol. The van der Waals surface area contributed by atoms with Crippen LogP contribution in [0.15, 0.2) is 24.3 Å². The van der Waals surface area contributed by atoms with Crippen molar-refractivity contribution in [3.63, 3.8) is 0 Å². The number of hydrogen-bond donors (Lipinski definition) is 1. The minimum absolute atomic E-state index is 0.301. The van der Waals surface area contributed by atoms with Crippen molar-refractivity contribution in [3.8, 4) is 11.8 Å². The Labute approximate surface area is 89.9 Å². The molecule has 0 aliphatic carbocycles. The summed E-state index contributed by atoms with van der Waals surface area (Å²) < 4.78 is 12.8. The maximum Gasteiger partial charge on any atom is 0.124 e. The first-order valence-corrected chi connectivity index (χ1v) is 5.17. The average molecular weight is 206 g/mol. The van der Waals surface area contributed by atoms with Gasteiger partial charge in [-0.05, 0) is 24.6 Å². The van der Waals surface area contributed by atoms with Gasteiger partial charge in [0.05, 0.1) is 0 Å². The zero-order valence-corrected chi connectivity index (χ0v) is 8.83. The van der Waals surface area contributed by atoms with Crippen molar-refractivity contribution in [2.45, 2.75) is 32.3 Å². The molecule has 0 aliphatic rings. The van der Waals surface area contributed by atoms with Gasteiger partial charge in [-0.1, -0.05) is 37.7 Å². The molecule has 80 valence electrons. The fraction of sp³-hybridized carbons (Fsp3) is 0.385. The Kier molecular flexibility index (Phi) is 4.86. The Morgan fingerprint density at radius 3 is 2.93 bits per heavy atom. The summed E-state index contributed by atoms with van der Waals surface area (Å²) >= 11 is 0. The summed E-state index contributed by atoms with van der Waals surface area (Å²) in [6.45, 7) is 2.06. The van der Waals surface area contributed by atoms with Gasteiger partial charge in [0.15, 0.2) is 0 Å². The summed E-state index contributed by atoms with van der Waals surface area (Å²) in [7, 11) is 0. The van der Waals surface area contributed by atoms with Crippen LogP contribution in [-0.4, -0.2) is 11.2 Å². The van der Waals surface area contributed by atoms with Crippen LogP contribution >= 0.6 is 0 Å². The number of unbranched alkanes of at least 4 members (excludes halogenated alkanes) is 1. The van der Waals surface area contributed by atoms with E-state index in [1.54, 1.807) is 12.1 Å². The van der Waals surface area contributed by atoms with Gasteiger partial charge in [-0.25, -0.2) is 4.39 Å². The number of halogens is 1. The molecule has 0 amide bonds. The van der Waals surface area contributed by atoms with Gasteiger partial charge in [0.25, 0.3) is 0 Å². The molecule has 0 radical (unpaired) electrons. The third kappa shape index (κ3) is 4.62. The van der Waals surface area contributed by atoms with E-state index < -0.39 is 6.10 Å². The predicted octanol–water partition coefficient (Wildman–Crippen LogP) is 2.73. The second kappa shape index (κ2) is 6.21. The number of hydrogen-bond acceptors (Lipinski definition) is 1. The van der Waals surface area contributed by atoms with Crippen LogP contribution in [0.3, 0.4) is 0 Å². The first-order valence-electron chi connectivity index (χ1n) is 5.17. The molecule has 15 heavy (non-hydrogen) atoms. The van der Waals surface area contributed by atoms with E-state index >= 15 is 0 Å². The molecule has 2 heteroatoms. The second-order valence-corrected chi connectivity index (χ2v) is 3.44. The van der Waals surface area contributed by atoms with Gasteiger partial charge in [-0.15, -0.1) is 0 Å². The van der Waals surface area contributed by atoms with Crippen molar-refractivity contribution in [1.29, 1.82) is 0 Å². The Morgan fingerprint density at radius 1 is 1.47 bits per heavy atom. The molecule has 1 aromatic rings. The summed E-state index contributed by atoms with van der Waals surface area (Å²) in [5, 5.41) is 9.44. The van der Waals surface area contributed by atoms with E-state index in [0.717, 1.165) is 12.8 Å². The van der Waals surface area contributed by atoms with Crippen LogP contribution in [0.25, 0.3) is 0 Å². The Morgan fingerprint density at radius 2 is 2.27 bits per heavy atom. The van der Waals surface area contributed by atoms with E-state index in [2.05, 4.69) is 18.8 Å². The fourth-order valence-corrected chi connectivity index (χ4v) is 1.20. The Balaban J connectivity index is 2.57. The molecule has 1 aromatic carbocycles. The second-order valence-electron chi connectivity index (χ2n) is 3.44. The largest absolute Gasteiger partial charge is 0.380 e. The van der Waals surface area contributed by atoms with Gasteiger partial charge in [-0.3, -0.25) is 0 Å². The lowest BCUT2D eigenvalue weighted by Gasteiger charge is -1.99. The molecule has 1 unspecified atom stereocenters. The normalized spacial score (nSPS) is 11.7. The molecule has 0 saturated carbocycles. The molecule has 1 atom stereocenters. The third-order valence-electron chi connectivity index (χ3n) is 2.04. The van der Waals surface area contributed by atoms with Gasteiger partial charge in [-0.2, -0.15) is 0 Å². The van der Waals surface area contributed by atoms with E-state index in [4.69, 9.17) is 0 Å². The first-order chi connectivity index (χ1) is 7.22. The van der Waals surface area contributed by atoms with E-state index in [1.165, 1.54) is 12.1 Å². The highest BCUT2D eigenvalue weighted by Crippen LogP contribution is 2.03. The Hall–Kier alpha value is -1.33. The number of benzene rings is 1. The maximum atomic E-state index is 12.8. The lowest BCUT2D eigenvalue weighted by atomic mass is 10.1. The Bertz CT molecular complexity index is 362. The lowest BCUT2D eigenvalue weighted by Crippen LogP contribution is -2.01. The number of aliphatic hydroxyl groups is 1. The van der Waals surface area contributed by atoms with Gasteiger partial charge in [0, 0.05) is 5.56 Å². The van der Waals surface area contributed by atoms with Gasteiger partial charge >= 0.3 is 0 Å². The first kappa shape index (κ1) is 11.7. The van der Waals surface area contributed by atoms with E-state index in [9.17, 15) is 9.50 Å². The minimum atomic E-state index is -0.604. The van der Waals surface area contributed by atoms with Crippen LogP contribution in [0, 0.1) is 17.7 Å². The highest BCUT2D eigenvalue weighted by molar-refractivity contribution is 5.34. The number of rotatable bonds is 3. The smallest absolute Gasteiger partial charge is 0.124 e. The highest BCUT2D eigenvalue weighted by atomic mass is 19.1. The standard InChI is InChI=1S/C13H15FO/c1-2-3-7-13(15)9-8-11-5-4-6-12(14)10-11/h4-6,10,13,15H,2-3,7H2,1H3. The van der Waals surface area contributed by atoms with Gasteiger partial charge in [0.1, 0.15) is 11.9 Å². The van der Waals surface area contributed by atoms with Crippen molar-refractivity contribution >= 4 is 0 Å². The summed E-state index contributed by atoms with van der Waals surface area (Å²) in [6, 6.07) is 6.07. The quantitative estimate of drug-likeness (QED) is 0.754. The van der Waals surface area contributed by atoms with E-state index in [-0.39, 0.29) is 5.82 Å². The van der Waals surface area contributed by atoms with Crippen LogP contribution in [0.1, 0.15) is 31.7 Å². The van der Waals surface area contributed by atoms with Crippen LogP contribution < -0.4 is 0 Å². The summed E-state index contributed by atoms with van der Waals surface area (Å²) in [5.74, 6) is 5.15. The topological polar surface area (TPSA) is 20.2 Å². The molecule has 1 N–H and O–H groups in total. The molecule has 1 rings (SSSR count). The third-order valence-corrected chi connectivity index (χ3v) is 2.04. The van der Waals surface area contributed by atoms with Crippen molar-refractivity contribution in [2.75, 3.05) is 0 Å². The molecule has 0 saturated heterocycles. The zero-order chi connectivity index (χ0) is 11.1. The molecule has 0 aliphatic heterocycles. The number of aliphatic hydroxyl groups excluding tert-OH is 1. The monoisotopic (exact) mass is 206 g/mol. The highest BCUT2D eigenvalue weighted by Gasteiger charge is 1.97. The SMILES string of the molecule is CCCCC(O)C#Cc1cccc(F)c1. The minimum Gasteiger partial charge on any atom is -0.380 e. The van der Waals surface area contributed by atoms with Crippen molar-refractivity contribution in [2.24, 2.45) is 0 Å². The van der Waals surface area contributed by atoms with Crippen molar-refractivity contribution in [3.05, 3.63) is 35.6 Å². The van der Waals surface area contributed by atoms with Crippen LogP contribution in [0.5, 0.6) is 0 Å². The molecule has 0 bridgehead atoms. The fourth-order valence-electron chi connectivity index (χ4n) is 1.20. The molecule has 0 aromatic heterocycles. The summed E-state index contributed by atoms with van der Waals surface area (Å²) in [5.41, 5.74) is 0.602. The molecule has 1 nitrogen and oxygen atoms in total. The van der Waals surface area contributed by atoms with Gasteiger partial charge < -0.3 is 5.11 Å². The van der Waals surface area contributed by atoms with Crippen LogP contribution in [-0.2, 0) is 0 Å². The summed E-state index contributed by atoms with van der Waals surface area (Å²) in [4.78, 5) is 0. The average Bonchev–Trinajstić information content (AvgIpc) is 2.23. The molecule has 0 spiro atoms. The molecule has 0 heterocycles. The molecule has 0 fully saturated rings. The lowest BCUT2D eigenvalue weighted by molar-refractivity contribution is 0.218. The van der Waals surface area contributed by atoms with E-state index in [1.807, 2.05) is 0 Å². The van der Waals surface area contributed by atoms with Gasteiger partial charge in [0.2, 0.25) is 0 Å². The summed E-state index contributed by atoms with van der Waals surface area (Å²) in [6.07, 6.45) is 2.07. The van der Waals surface area contributed by atoms with Crippen molar-refractivity contribution < 1.29 is 9.50 Å². The zero-order valence-electron chi connectivity index (χ0n) is 8.83. The van der Waals surface area contributed by atoms with E-state index in [0.29, 0.717) is 12.0 Å². The van der Waals surface area contributed by atoms with Crippen LogP contribution in [0.2, 0.25) is 0 Å². The maximum absolute atomic E-state index is 12.8. The van der Waals surface area contributed by atoms with Crippen LogP contribution in [0.4, 0.5) is 4.39 Å².